The molecule has 1 heterocycles. The molecular weight excluding hydrogens is 402 g/mol. The summed E-state index contributed by atoms with van der Waals surface area (Å²) in [6, 6.07) is 6.77. The maximum atomic E-state index is 12.6. The van der Waals surface area contributed by atoms with Crippen LogP contribution in [0, 0.1) is 5.92 Å². The van der Waals surface area contributed by atoms with Crippen LogP contribution in [0.25, 0.3) is 0 Å². The highest BCUT2D eigenvalue weighted by atomic mass is 32.2. The Morgan fingerprint density at radius 3 is 2.57 bits per heavy atom. The van der Waals surface area contributed by atoms with Gasteiger partial charge in [-0.3, -0.25) is 4.79 Å². The number of sulfonamides is 1. The van der Waals surface area contributed by atoms with Crippen LogP contribution < -0.4 is 11.1 Å². The zero-order valence-electron chi connectivity index (χ0n) is 18.5. The Kier molecular flexibility index (Phi) is 8.66. The van der Waals surface area contributed by atoms with Gasteiger partial charge in [0.1, 0.15) is 0 Å². The van der Waals surface area contributed by atoms with E-state index in [0.29, 0.717) is 13.0 Å². The van der Waals surface area contributed by atoms with Crippen molar-refractivity contribution in [3.8, 4) is 0 Å². The molecule has 1 aliphatic rings. The Morgan fingerprint density at radius 2 is 2.00 bits per heavy atom. The monoisotopic (exact) mass is 437 g/mol. The number of nitrogens with two attached hydrogens (primary N) is 1. The lowest BCUT2D eigenvalue weighted by Gasteiger charge is -2.34. The highest BCUT2D eigenvalue weighted by Gasteiger charge is 2.24. The number of nitrogens with one attached hydrogen (secondary N) is 1. The summed E-state index contributed by atoms with van der Waals surface area (Å²) in [7, 11) is -1.90. The summed E-state index contributed by atoms with van der Waals surface area (Å²) in [6.45, 7) is 8.54. The van der Waals surface area contributed by atoms with Crippen molar-refractivity contribution in [2.75, 3.05) is 26.7 Å². The molecule has 0 spiro atoms. The second-order valence-electron chi connectivity index (χ2n) is 8.05. The summed E-state index contributed by atoms with van der Waals surface area (Å²) in [5.74, 6) is 0.799. The van der Waals surface area contributed by atoms with Crippen molar-refractivity contribution in [3.05, 3.63) is 29.8 Å². The SMILES string of the molecule is CCNC(=NCc1ccc(S(=O)(=O)N(C)C(C)C)cc1)N1CCCC(CC(N)=O)C1. The second-order valence-corrected chi connectivity index (χ2v) is 10.1. The Bertz CT molecular complexity index is 837. The van der Waals surface area contributed by atoms with Gasteiger partial charge in [-0.1, -0.05) is 12.1 Å². The molecule has 3 N–H and O–H groups in total. The maximum Gasteiger partial charge on any atom is 0.243 e. The number of carbonyl (C=O) groups excluding carboxylic acids is 1. The highest BCUT2D eigenvalue weighted by Crippen LogP contribution is 2.20. The Labute approximate surface area is 180 Å². The van der Waals surface area contributed by atoms with Crippen LogP contribution in [0.2, 0.25) is 0 Å². The van der Waals surface area contributed by atoms with Gasteiger partial charge in [0.2, 0.25) is 15.9 Å². The number of guanidine groups is 1. The van der Waals surface area contributed by atoms with Crippen LogP contribution in [0.4, 0.5) is 0 Å². The quantitative estimate of drug-likeness (QED) is 0.476. The number of amides is 1. The van der Waals surface area contributed by atoms with Gasteiger partial charge in [-0.25, -0.2) is 13.4 Å². The third-order valence-electron chi connectivity index (χ3n) is 5.38. The van der Waals surface area contributed by atoms with Crippen molar-refractivity contribution in [3.63, 3.8) is 0 Å². The largest absolute Gasteiger partial charge is 0.370 e. The summed E-state index contributed by atoms with van der Waals surface area (Å²) in [4.78, 5) is 18.5. The summed E-state index contributed by atoms with van der Waals surface area (Å²) in [6.07, 6.45) is 2.40. The normalized spacial score (nSPS) is 18.1. The van der Waals surface area contributed by atoms with E-state index < -0.39 is 10.0 Å². The molecule has 0 bridgehead atoms. The summed E-state index contributed by atoms with van der Waals surface area (Å²) in [5.41, 5.74) is 6.30. The molecule has 1 atom stereocenters. The standard InChI is InChI=1S/C21H35N5O3S/c1-5-23-21(26-12-6-7-18(15-26)13-20(22)27)24-14-17-8-10-19(11-9-17)30(28,29)25(4)16(2)3/h8-11,16,18H,5-7,12-15H2,1-4H3,(H2,22,27)(H,23,24). The maximum absolute atomic E-state index is 12.6. The molecule has 168 valence electrons. The minimum atomic E-state index is -3.49. The smallest absolute Gasteiger partial charge is 0.243 e. The number of nitrogens with zero attached hydrogens (tertiary/aromatic N) is 3. The molecule has 1 unspecified atom stereocenters. The number of primary amides is 1. The van der Waals surface area contributed by atoms with Crippen molar-refractivity contribution >= 4 is 21.9 Å². The van der Waals surface area contributed by atoms with Gasteiger partial charge in [-0.05, 0) is 57.2 Å². The van der Waals surface area contributed by atoms with Crippen LogP contribution in [-0.2, 0) is 21.4 Å². The Balaban J connectivity index is 2.10. The molecule has 1 aromatic rings. The van der Waals surface area contributed by atoms with E-state index in [1.165, 1.54) is 4.31 Å². The number of hydrogen-bond donors (Lipinski definition) is 2. The molecule has 0 radical (unpaired) electrons. The van der Waals surface area contributed by atoms with Crippen LogP contribution in [0.5, 0.6) is 0 Å². The van der Waals surface area contributed by atoms with Gasteiger partial charge in [-0.2, -0.15) is 4.31 Å². The lowest BCUT2D eigenvalue weighted by Crippen LogP contribution is -2.47. The minimum absolute atomic E-state index is 0.107. The van der Waals surface area contributed by atoms with Gasteiger partial charge in [0.05, 0.1) is 11.4 Å². The van der Waals surface area contributed by atoms with Crippen molar-refractivity contribution in [1.82, 2.24) is 14.5 Å². The summed E-state index contributed by atoms with van der Waals surface area (Å²) >= 11 is 0. The van der Waals surface area contributed by atoms with Crippen molar-refractivity contribution < 1.29 is 13.2 Å². The predicted octanol–water partition coefficient (Wildman–Crippen LogP) is 1.77. The number of hydrogen-bond acceptors (Lipinski definition) is 4. The topological polar surface area (TPSA) is 108 Å². The van der Waals surface area contributed by atoms with E-state index >= 15 is 0 Å². The number of piperidine rings is 1. The number of rotatable bonds is 8. The molecule has 30 heavy (non-hydrogen) atoms. The minimum Gasteiger partial charge on any atom is -0.370 e. The van der Waals surface area contributed by atoms with Crippen LogP contribution in [-0.4, -0.2) is 62.2 Å². The van der Waals surface area contributed by atoms with Crippen molar-refractivity contribution in [1.29, 1.82) is 0 Å². The van der Waals surface area contributed by atoms with Crippen LogP contribution in [0.3, 0.4) is 0 Å². The lowest BCUT2D eigenvalue weighted by molar-refractivity contribution is -0.119. The third-order valence-corrected chi connectivity index (χ3v) is 7.43. The first-order valence-electron chi connectivity index (χ1n) is 10.5. The molecule has 1 saturated heterocycles. The van der Waals surface area contributed by atoms with Crippen LogP contribution in [0.15, 0.2) is 34.2 Å². The second kappa shape index (κ2) is 10.8. The molecule has 0 saturated carbocycles. The zero-order valence-corrected chi connectivity index (χ0v) is 19.3. The molecular formula is C21H35N5O3S. The fourth-order valence-electron chi connectivity index (χ4n) is 3.51. The third kappa shape index (κ3) is 6.43. The van der Waals surface area contributed by atoms with Gasteiger partial charge in [0, 0.05) is 39.1 Å². The average molecular weight is 438 g/mol. The molecule has 0 aromatic heterocycles. The predicted molar refractivity (Wildman–Crippen MR) is 119 cm³/mol. The average Bonchev–Trinajstić information content (AvgIpc) is 2.70. The molecule has 8 nitrogen and oxygen atoms in total. The number of carbonyl (C=O) groups is 1. The van der Waals surface area contributed by atoms with E-state index in [4.69, 9.17) is 10.7 Å². The Hall–Kier alpha value is -2.13. The van der Waals surface area contributed by atoms with Gasteiger partial charge in [-0.15, -0.1) is 0 Å². The molecule has 1 aromatic carbocycles. The molecule has 0 aliphatic carbocycles. The van der Waals surface area contributed by atoms with Crippen LogP contribution >= 0.6 is 0 Å². The molecule has 1 aliphatic heterocycles. The molecule has 1 amide bonds. The van der Waals surface area contributed by atoms with E-state index in [9.17, 15) is 13.2 Å². The summed E-state index contributed by atoms with van der Waals surface area (Å²) < 4.78 is 26.6. The van der Waals surface area contributed by atoms with E-state index in [2.05, 4.69) is 10.2 Å². The Morgan fingerprint density at radius 1 is 1.33 bits per heavy atom. The number of aliphatic imine (C=N–C) groups is 1. The van der Waals surface area contributed by atoms with E-state index in [1.54, 1.807) is 31.3 Å². The van der Waals surface area contributed by atoms with Crippen molar-refractivity contribution in [2.45, 2.75) is 57.5 Å². The molecule has 2 rings (SSSR count). The number of benzene rings is 1. The van der Waals surface area contributed by atoms with Gasteiger partial charge in [0.15, 0.2) is 5.96 Å². The fraction of sp³-hybridized carbons (Fsp3) is 0.619. The van der Waals surface area contributed by atoms with E-state index in [-0.39, 0.29) is 22.8 Å². The fourth-order valence-corrected chi connectivity index (χ4v) is 4.88. The molecule has 1 fully saturated rings. The molecule has 9 heteroatoms. The first kappa shape index (κ1) is 24.1. The first-order valence-corrected chi connectivity index (χ1v) is 12.0. The zero-order chi connectivity index (χ0) is 22.3. The van der Waals surface area contributed by atoms with E-state index in [0.717, 1.165) is 44.0 Å². The van der Waals surface area contributed by atoms with Gasteiger partial charge in [0.25, 0.3) is 0 Å². The highest BCUT2D eigenvalue weighted by molar-refractivity contribution is 7.89. The van der Waals surface area contributed by atoms with Gasteiger partial charge < -0.3 is 16.0 Å². The lowest BCUT2D eigenvalue weighted by atomic mass is 9.95. The summed E-state index contributed by atoms with van der Waals surface area (Å²) in [5, 5.41) is 3.32. The number of likely N-dealkylation sites (tertiary alicyclic amines) is 1. The van der Waals surface area contributed by atoms with E-state index in [1.807, 2.05) is 20.8 Å². The first-order chi connectivity index (χ1) is 14.1. The van der Waals surface area contributed by atoms with Crippen LogP contribution in [0.1, 0.15) is 45.6 Å². The van der Waals surface area contributed by atoms with Crippen molar-refractivity contribution in [2.24, 2.45) is 16.6 Å². The van der Waals surface area contributed by atoms with Gasteiger partial charge >= 0.3 is 0 Å².